The monoisotopic (exact) mass is 230 g/mol. The summed E-state index contributed by atoms with van der Waals surface area (Å²) < 4.78 is 13.6. The predicted molar refractivity (Wildman–Crippen MR) is 51.5 cm³/mol. The zero-order valence-corrected chi connectivity index (χ0v) is 8.07. The zero-order chi connectivity index (χ0) is 9.14. The maximum atomic E-state index is 13.2. The van der Waals surface area contributed by atoms with Crippen LogP contribution in [0, 0.1) is 11.2 Å². The molecule has 0 unspecified atom stereocenters. The summed E-state index contributed by atoms with van der Waals surface area (Å²) in [5, 5.41) is 9.71. The number of nitrogens with one attached hydrogen (secondary N) is 2. The molecular weight excluding hydrogens is 223 g/mol. The second-order valence-electron chi connectivity index (χ2n) is 2.22. The lowest BCUT2D eigenvalue weighted by molar-refractivity contribution is 0.624. The molecule has 0 saturated heterocycles. The molecule has 0 atom stereocenters. The van der Waals surface area contributed by atoms with Gasteiger partial charge in [-0.15, -0.1) is 0 Å². The van der Waals surface area contributed by atoms with Crippen molar-refractivity contribution in [2.45, 2.75) is 0 Å². The summed E-state index contributed by atoms with van der Waals surface area (Å²) in [6.07, 6.45) is 1.11. The fraction of sp³-hybridized carbons (Fsp3) is 0.125. The lowest BCUT2D eigenvalue weighted by Gasteiger charge is -2.06. The van der Waals surface area contributed by atoms with E-state index in [4.69, 9.17) is 5.41 Å². The van der Waals surface area contributed by atoms with Crippen molar-refractivity contribution in [1.29, 1.82) is 5.41 Å². The first-order chi connectivity index (χ1) is 5.70. The van der Waals surface area contributed by atoms with Crippen LogP contribution >= 0.6 is 15.9 Å². The third kappa shape index (κ3) is 1.48. The van der Waals surface area contributed by atoms with Gasteiger partial charge in [0, 0.05) is 18.8 Å². The van der Waals surface area contributed by atoms with E-state index in [0.717, 1.165) is 6.21 Å². The first-order valence-corrected chi connectivity index (χ1v) is 4.16. The van der Waals surface area contributed by atoms with E-state index >= 15 is 0 Å². The minimum atomic E-state index is -0.363. The third-order valence-corrected chi connectivity index (χ3v) is 2.15. The molecule has 4 heteroatoms. The first kappa shape index (κ1) is 9.19. The van der Waals surface area contributed by atoms with Crippen molar-refractivity contribution in [3.05, 3.63) is 28.0 Å². The Balaban J connectivity index is 3.35. The Labute approximate surface area is 78.4 Å². The number of anilines is 1. The molecule has 2 nitrogen and oxygen atoms in total. The van der Waals surface area contributed by atoms with Gasteiger partial charge in [0.1, 0.15) is 0 Å². The van der Waals surface area contributed by atoms with E-state index in [1.807, 2.05) is 0 Å². The van der Waals surface area contributed by atoms with Crippen LogP contribution in [0.3, 0.4) is 0 Å². The Morgan fingerprint density at radius 2 is 2.25 bits per heavy atom. The highest BCUT2D eigenvalue weighted by Crippen LogP contribution is 2.25. The maximum Gasteiger partial charge on any atom is 0.161 e. The van der Waals surface area contributed by atoms with E-state index in [-0.39, 0.29) is 5.82 Å². The number of halogens is 2. The van der Waals surface area contributed by atoms with Crippen LogP contribution in [-0.4, -0.2) is 13.3 Å². The molecule has 0 heterocycles. The number of rotatable bonds is 2. The van der Waals surface area contributed by atoms with Gasteiger partial charge in [-0.05, 0) is 22.0 Å². The van der Waals surface area contributed by atoms with Crippen LogP contribution in [0.2, 0.25) is 0 Å². The van der Waals surface area contributed by atoms with E-state index in [0.29, 0.717) is 15.7 Å². The molecule has 0 spiro atoms. The molecule has 0 aliphatic rings. The van der Waals surface area contributed by atoms with Crippen molar-refractivity contribution in [2.24, 2.45) is 0 Å². The molecule has 1 aromatic carbocycles. The molecule has 0 aromatic heterocycles. The van der Waals surface area contributed by atoms with Gasteiger partial charge in [-0.2, -0.15) is 0 Å². The molecule has 64 valence electrons. The topological polar surface area (TPSA) is 35.9 Å². The lowest BCUT2D eigenvalue weighted by Crippen LogP contribution is -1.98. The van der Waals surface area contributed by atoms with Gasteiger partial charge >= 0.3 is 0 Å². The van der Waals surface area contributed by atoms with Gasteiger partial charge in [-0.1, -0.05) is 6.07 Å². The van der Waals surface area contributed by atoms with Crippen LogP contribution < -0.4 is 5.32 Å². The lowest BCUT2D eigenvalue weighted by atomic mass is 10.2. The average molecular weight is 231 g/mol. The van der Waals surface area contributed by atoms with E-state index in [1.165, 1.54) is 0 Å². The van der Waals surface area contributed by atoms with E-state index in [1.54, 1.807) is 19.2 Å². The van der Waals surface area contributed by atoms with Crippen molar-refractivity contribution in [1.82, 2.24) is 0 Å². The molecule has 0 aliphatic carbocycles. The summed E-state index contributed by atoms with van der Waals surface area (Å²) in [7, 11) is 1.62. The van der Waals surface area contributed by atoms with E-state index in [2.05, 4.69) is 21.2 Å². The Morgan fingerprint density at radius 1 is 1.58 bits per heavy atom. The van der Waals surface area contributed by atoms with Crippen molar-refractivity contribution in [3.8, 4) is 0 Å². The largest absolute Gasteiger partial charge is 0.385 e. The highest BCUT2D eigenvalue weighted by Gasteiger charge is 2.08. The second-order valence-corrected chi connectivity index (χ2v) is 3.07. The molecule has 1 rings (SSSR count). The molecular formula is C8H8BrFN2. The highest BCUT2D eigenvalue weighted by atomic mass is 79.9. The smallest absolute Gasteiger partial charge is 0.161 e. The number of benzene rings is 1. The summed E-state index contributed by atoms with van der Waals surface area (Å²) in [5.41, 5.74) is 0.887. The van der Waals surface area contributed by atoms with E-state index < -0.39 is 0 Å². The minimum Gasteiger partial charge on any atom is -0.385 e. The molecule has 1 aromatic rings. The molecule has 2 N–H and O–H groups in total. The zero-order valence-electron chi connectivity index (χ0n) is 6.49. The van der Waals surface area contributed by atoms with Crippen LogP contribution in [0.5, 0.6) is 0 Å². The predicted octanol–water partition coefficient (Wildman–Crippen LogP) is 2.63. The summed E-state index contributed by atoms with van der Waals surface area (Å²) in [4.78, 5) is 0. The van der Waals surface area contributed by atoms with Crippen molar-refractivity contribution < 1.29 is 4.39 Å². The second kappa shape index (κ2) is 3.67. The molecule has 12 heavy (non-hydrogen) atoms. The molecule has 0 saturated carbocycles. The molecule has 0 bridgehead atoms. The van der Waals surface area contributed by atoms with Crippen LogP contribution in [0.4, 0.5) is 10.1 Å². The number of hydrogen-bond acceptors (Lipinski definition) is 2. The Morgan fingerprint density at radius 3 is 2.75 bits per heavy atom. The Bertz CT molecular complexity index is 312. The summed E-state index contributed by atoms with van der Waals surface area (Å²) in [5.74, 6) is -0.363. The van der Waals surface area contributed by atoms with Gasteiger partial charge in [0.25, 0.3) is 0 Å². The first-order valence-electron chi connectivity index (χ1n) is 3.37. The quantitative estimate of drug-likeness (QED) is 0.754. The SMILES string of the molecule is CNc1c(C=N)ccc(Br)c1F. The fourth-order valence-corrected chi connectivity index (χ4v) is 1.27. The average Bonchev–Trinajstić information content (AvgIpc) is 2.09. The van der Waals surface area contributed by atoms with Gasteiger partial charge in [-0.3, -0.25) is 0 Å². The molecule has 0 radical (unpaired) electrons. The minimum absolute atomic E-state index is 0.347. The third-order valence-electron chi connectivity index (χ3n) is 1.53. The summed E-state index contributed by atoms with van der Waals surface area (Å²) in [6.45, 7) is 0. The Kier molecular flexibility index (Phi) is 2.81. The van der Waals surface area contributed by atoms with E-state index in [9.17, 15) is 4.39 Å². The maximum absolute atomic E-state index is 13.2. The van der Waals surface area contributed by atoms with Gasteiger partial charge in [0.15, 0.2) is 5.82 Å². The standard InChI is InChI=1S/C8H8BrFN2/c1-12-8-5(4-11)2-3-6(9)7(8)10/h2-4,11-12H,1H3. The Hall–Kier alpha value is -0.900. The van der Waals surface area contributed by atoms with Gasteiger partial charge in [-0.25, -0.2) is 4.39 Å². The molecule has 0 fully saturated rings. The normalized spacial score (nSPS) is 9.58. The van der Waals surface area contributed by atoms with Gasteiger partial charge < -0.3 is 10.7 Å². The molecule has 0 amide bonds. The number of hydrogen-bond donors (Lipinski definition) is 2. The molecule has 0 aliphatic heterocycles. The summed E-state index contributed by atoms with van der Waals surface area (Å²) >= 11 is 3.06. The van der Waals surface area contributed by atoms with Crippen LogP contribution in [0.15, 0.2) is 16.6 Å². The summed E-state index contributed by atoms with van der Waals surface area (Å²) in [6, 6.07) is 3.25. The van der Waals surface area contributed by atoms with Crippen LogP contribution in [0.25, 0.3) is 0 Å². The van der Waals surface area contributed by atoms with Crippen molar-refractivity contribution >= 4 is 27.8 Å². The highest BCUT2D eigenvalue weighted by molar-refractivity contribution is 9.10. The van der Waals surface area contributed by atoms with Crippen LogP contribution in [0.1, 0.15) is 5.56 Å². The van der Waals surface area contributed by atoms with Crippen LogP contribution in [-0.2, 0) is 0 Å². The fourth-order valence-electron chi connectivity index (χ4n) is 0.940. The van der Waals surface area contributed by atoms with Crippen molar-refractivity contribution in [3.63, 3.8) is 0 Å². The van der Waals surface area contributed by atoms with Gasteiger partial charge in [0.05, 0.1) is 10.2 Å². The van der Waals surface area contributed by atoms with Crippen molar-refractivity contribution in [2.75, 3.05) is 12.4 Å². The van der Waals surface area contributed by atoms with Gasteiger partial charge in [0.2, 0.25) is 0 Å².